The van der Waals surface area contributed by atoms with Gasteiger partial charge in [-0.05, 0) is 38.1 Å². The van der Waals surface area contributed by atoms with E-state index in [0.717, 1.165) is 25.9 Å². The highest BCUT2D eigenvalue weighted by Gasteiger charge is 2.31. The number of carboxylic acids is 1. The summed E-state index contributed by atoms with van der Waals surface area (Å²) in [6.07, 6.45) is 3.67. The van der Waals surface area contributed by atoms with Crippen molar-refractivity contribution in [2.75, 3.05) is 24.6 Å². The predicted octanol–water partition coefficient (Wildman–Crippen LogP) is 0.750. The van der Waals surface area contributed by atoms with Crippen molar-refractivity contribution >= 4 is 15.8 Å². The molecule has 1 unspecified atom stereocenters. The molecule has 1 N–H and O–H groups in total. The minimum absolute atomic E-state index is 0.231. The molecule has 2 saturated heterocycles. The molecule has 2 aliphatic heterocycles. The summed E-state index contributed by atoms with van der Waals surface area (Å²) < 4.78 is 22.8. The lowest BCUT2D eigenvalue weighted by molar-refractivity contribution is -0.138. The van der Waals surface area contributed by atoms with E-state index in [1.165, 1.54) is 0 Å². The van der Waals surface area contributed by atoms with Gasteiger partial charge in [0.15, 0.2) is 0 Å². The van der Waals surface area contributed by atoms with Gasteiger partial charge in [0.25, 0.3) is 0 Å². The fourth-order valence-electron chi connectivity index (χ4n) is 3.09. The number of hydrogen-bond donors (Lipinski definition) is 1. The van der Waals surface area contributed by atoms with Crippen molar-refractivity contribution in [3.8, 4) is 0 Å². The largest absolute Gasteiger partial charge is 0.481 e. The van der Waals surface area contributed by atoms with E-state index in [4.69, 9.17) is 5.11 Å². The highest BCUT2D eigenvalue weighted by atomic mass is 32.2. The summed E-state index contributed by atoms with van der Waals surface area (Å²) >= 11 is 0. The third-order valence-electron chi connectivity index (χ3n) is 4.05. The first-order valence-corrected chi connectivity index (χ1v) is 8.45. The minimum Gasteiger partial charge on any atom is -0.481 e. The topological polar surface area (TPSA) is 74.7 Å². The summed E-state index contributed by atoms with van der Waals surface area (Å²) in [5.41, 5.74) is 0. The van der Waals surface area contributed by atoms with Gasteiger partial charge in [0.2, 0.25) is 0 Å². The fraction of sp³-hybridized carbons (Fsp3) is 0.917. The minimum atomic E-state index is -2.81. The van der Waals surface area contributed by atoms with Gasteiger partial charge in [-0.25, -0.2) is 8.42 Å². The average molecular weight is 275 g/mol. The van der Waals surface area contributed by atoms with Gasteiger partial charge in [0.1, 0.15) is 9.84 Å². The molecule has 5 nitrogen and oxygen atoms in total. The third kappa shape index (κ3) is 3.68. The van der Waals surface area contributed by atoms with Crippen LogP contribution in [0, 0.1) is 5.92 Å². The maximum absolute atomic E-state index is 11.4. The first-order valence-electron chi connectivity index (χ1n) is 6.62. The van der Waals surface area contributed by atoms with Gasteiger partial charge in [0, 0.05) is 19.0 Å². The number of sulfone groups is 1. The second kappa shape index (κ2) is 5.57. The van der Waals surface area contributed by atoms with E-state index in [1.54, 1.807) is 0 Å². The molecule has 2 heterocycles. The molecule has 104 valence electrons. The number of likely N-dealkylation sites (tertiary alicyclic amines) is 1. The van der Waals surface area contributed by atoms with Crippen LogP contribution in [0.25, 0.3) is 0 Å². The van der Waals surface area contributed by atoms with Crippen LogP contribution in [0.2, 0.25) is 0 Å². The molecule has 18 heavy (non-hydrogen) atoms. The van der Waals surface area contributed by atoms with Crippen LogP contribution in [0.3, 0.4) is 0 Å². The number of piperidine rings is 1. The number of carboxylic acid groups (broad SMARTS) is 1. The van der Waals surface area contributed by atoms with E-state index in [-0.39, 0.29) is 23.8 Å². The number of hydrogen-bond acceptors (Lipinski definition) is 4. The monoisotopic (exact) mass is 275 g/mol. The summed E-state index contributed by atoms with van der Waals surface area (Å²) in [5, 5.41) is 8.83. The van der Waals surface area contributed by atoms with Crippen LogP contribution in [-0.4, -0.2) is 55.0 Å². The van der Waals surface area contributed by atoms with Crippen LogP contribution in [-0.2, 0) is 14.6 Å². The fourth-order valence-corrected chi connectivity index (χ4v) is 4.55. The highest BCUT2D eigenvalue weighted by Crippen LogP contribution is 2.26. The van der Waals surface area contributed by atoms with Crippen molar-refractivity contribution in [1.29, 1.82) is 0 Å². The van der Waals surface area contributed by atoms with Gasteiger partial charge in [0.05, 0.1) is 11.5 Å². The maximum Gasteiger partial charge on any atom is 0.303 e. The quantitative estimate of drug-likeness (QED) is 0.822. The van der Waals surface area contributed by atoms with Crippen molar-refractivity contribution in [2.24, 2.45) is 5.92 Å². The lowest BCUT2D eigenvalue weighted by atomic mass is 9.93. The third-order valence-corrected chi connectivity index (χ3v) is 5.77. The molecular weight excluding hydrogens is 254 g/mol. The van der Waals surface area contributed by atoms with E-state index < -0.39 is 15.8 Å². The normalized spacial score (nSPS) is 30.1. The molecule has 0 aromatic heterocycles. The van der Waals surface area contributed by atoms with Crippen molar-refractivity contribution in [3.05, 3.63) is 0 Å². The lowest BCUT2D eigenvalue weighted by Gasteiger charge is -2.39. The zero-order valence-corrected chi connectivity index (χ0v) is 11.4. The Labute approximate surface area is 108 Å². The van der Waals surface area contributed by atoms with Gasteiger partial charge in [-0.2, -0.15) is 0 Å². The molecule has 0 aromatic carbocycles. The molecule has 0 amide bonds. The van der Waals surface area contributed by atoms with Gasteiger partial charge in [-0.3, -0.25) is 4.79 Å². The summed E-state index contributed by atoms with van der Waals surface area (Å²) in [6.45, 7) is 1.80. The van der Waals surface area contributed by atoms with E-state index in [0.29, 0.717) is 18.9 Å². The molecule has 2 aliphatic rings. The Kier molecular flexibility index (Phi) is 4.27. The molecule has 0 aromatic rings. The SMILES string of the molecule is O=C(O)CC1CCCN(C2CCS(=O)(=O)CC2)C1. The number of rotatable bonds is 3. The standard InChI is InChI=1S/C12H21NO4S/c14-12(15)8-10-2-1-5-13(9-10)11-3-6-18(16,17)7-4-11/h10-11H,1-9H2,(H,14,15). The van der Waals surface area contributed by atoms with Gasteiger partial charge < -0.3 is 10.0 Å². The Balaban J connectivity index is 1.87. The molecule has 0 bridgehead atoms. The van der Waals surface area contributed by atoms with Crippen LogP contribution in [0.1, 0.15) is 32.1 Å². The van der Waals surface area contributed by atoms with E-state index in [2.05, 4.69) is 4.90 Å². The Bertz CT molecular complexity index is 392. The Hall–Kier alpha value is -0.620. The smallest absolute Gasteiger partial charge is 0.303 e. The van der Waals surface area contributed by atoms with Crippen molar-refractivity contribution in [1.82, 2.24) is 4.90 Å². The van der Waals surface area contributed by atoms with Crippen molar-refractivity contribution in [2.45, 2.75) is 38.1 Å². The predicted molar refractivity (Wildman–Crippen MR) is 68.2 cm³/mol. The zero-order chi connectivity index (χ0) is 13.2. The second-order valence-corrected chi connectivity index (χ2v) is 7.79. The zero-order valence-electron chi connectivity index (χ0n) is 10.5. The molecule has 0 radical (unpaired) electrons. The molecule has 2 fully saturated rings. The van der Waals surface area contributed by atoms with Crippen molar-refractivity contribution < 1.29 is 18.3 Å². The maximum atomic E-state index is 11.4. The lowest BCUT2D eigenvalue weighted by Crippen LogP contribution is -2.46. The summed E-state index contributed by atoms with van der Waals surface area (Å²) in [6, 6.07) is 0.338. The van der Waals surface area contributed by atoms with E-state index >= 15 is 0 Å². The number of carbonyl (C=O) groups is 1. The average Bonchev–Trinajstić information content (AvgIpc) is 2.28. The van der Waals surface area contributed by atoms with Gasteiger partial charge >= 0.3 is 5.97 Å². The Morgan fingerprint density at radius 2 is 1.89 bits per heavy atom. The van der Waals surface area contributed by atoms with Crippen molar-refractivity contribution in [3.63, 3.8) is 0 Å². The molecule has 0 saturated carbocycles. The molecule has 0 spiro atoms. The first kappa shape index (κ1) is 13.8. The van der Waals surface area contributed by atoms with Gasteiger partial charge in [-0.15, -0.1) is 0 Å². The van der Waals surface area contributed by atoms with E-state index in [9.17, 15) is 13.2 Å². The summed E-state index contributed by atoms with van der Waals surface area (Å²) in [5.74, 6) is 0.0815. The van der Waals surface area contributed by atoms with Gasteiger partial charge in [-0.1, -0.05) is 0 Å². The molecule has 1 atom stereocenters. The Morgan fingerprint density at radius 3 is 2.50 bits per heavy atom. The molecule has 2 rings (SSSR count). The van der Waals surface area contributed by atoms with Crippen LogP contribution in [0.4, 0.5) is 0 Å². The van der Waals surface area contributed by atoms with Crippen LogP contribution < -0.4 is 0 Å². The molecular formula is C12H21NO4S. The highest BCUT2D eigenvalue weighted by molar-refractivity contribution is 7.91. The molecule has 0 aliphatic carbocycles. The first-order chi connectivity index (χ1) is 8.46. The summed E-state index contributed by atoms with van der Waals surface area (Å²) in [7, 11) is -2.81. The van der Waals surface area contributed by atoms with Crippen LogP contribution in [0.15, 0.2) is 0 Å². The summed E-state index contributed by atoms with van der Waals surface area (Å²) in [4.78, 5) is 13.0. The van der Waals surface area contributed by atoms with Crippen LogP contribution in [0.5, 0.6) is 0 Å². The molecule has 6 heteroatoms. The second-order valence-electron chi connectivity index (χ2n) is 5.48. The Morgan fingerprint density at radius 1 is 1.22 bits per heavy atom. The number of nitrogens with zero attached hydrogens (tertiary/aromatic N) is 1. The number of aliphatic carboxylic acids is 1. The van der Waals surface area contributed by atoms with E-state index in [1.807, 2.05) is 0 Å². The van der Waals surface area contributed by atoms with Crippen LogP contribution >= 0.6 is 0 Å².